The fourth-order valence-corrected chi connectivity index (χ4v) is 3.07. The molecule has 0 spiro atoms. The maximum atomic E-state index is 12.6. The van der Waals surface area contributed by atoms with Gasteiger partial charge in [-0.2, -0.15) is 11.8 Å². The summed E-state index contributed by atoms with van der Waals surface area (Å²) >= 11 is 1.71. The van der Waals surface area contributed by atoms with Crippen molar-refractivity contribution in [3.05, 3.63) is 41.1 Å². The highest BCUT2D eigenvalue weighted by atomic mass is 32.2. The number of ether oxygens (including phenoxy) is 2. The van der Waals surface area contributed by atoms with Crippen LogP contribution in [0.4, 0.5) is 4.79 Å². The minimum atomic E-state index is -0.569. The first-order valence-electron chi connectivity index (χ1n) is 8.32. The second kappa shape index (κ2) is 9.36. The first-order valence-corrected chi connectivity index (χ1v) is 9.48. The van der Waals surface area contributed by atoms with Gasteiger partial charge in [-0.25, -0.2) is 9.59 Å². The monoisotopic (exact) mass is 364 g/mol. The smallest absolute Gasteiger partial charge is 0.338 e. The number of hydrogen-bond acceptors (Lipinski definition) is 5. The zero-order valence-corrected chi connectivity index (χ0v) is 15.6. The number of amides is 2. The Morgan fingerprint density at radius 3 is 2.84 bits per heavy atom. The highest BCUT2D eigenvalue weighted by Crippen LogP contribution is 2.29. The lowest BCUT2D eigenvalue weighted by molar-refractivity contribution is -0.138. The fraction of sp³-hybridized carbons (Fsp3) is 0.444. The van der Waals surface area contributed by atoms with E-state index in [0.29, 0.717) is 30.2 Å². The first kappa shape index (κ1) is 19.2. The van der Waals surface area contributed by atoms with Crippen LogP contribution in [0.5, 0.6) is 5.75 Å². The zero-order chi connectivity index (χ0) is 18.2. The minimum Gasteiger partial charge on any atom is -0.494 e. The third-order valence-electron chi connectivity index (χ3n) is 3.66. The van der Waals surface area contributed by atoms with E-state index in [-0.39, 0.29) is 6.03 Å². The first-order chi connectivity index (χ1) is 12.1. The zero-order valence-electron chi connectivity index (χ0n) is 14.8. The molecule has 1 unspecified atom stereocenters. The molecule has 1 aromatic carbocycles. The Kier molecular flexibility index (Phi) is 7.18. The summed E-state index contributed by atoms with van der Waals surface area (Å²) in [6.07, 6.45) is 0. The molecule has 6 nitrogen and oxygen atoms in total. The van der Waals surface area contributed by atoms with Crippen LogP contribution in [-0.2, 0) is 9.53 Å². The summed E-state index contributed by atoms with van der Waals surface area (Å²) in [7, 11) is 0. The summed E-state index contributed by atoms with van der Waals surface area (Å²) in [5.74, 6) is 1.99. The predicted molar refractivity (Wildman–Crippen MR) is 98.7 cm³/mol. The van der Waals surface area contributed by atoms with Gasteiger partial charge in [0.1, 0.15) is 12.4 Å². The maximum absolute atomic E-state index is 12.6. The molecule has 1 atom stereocenters. The molecule has 1 aliphatic rings. The van der Waals surface area contributed by atoms with E-state index in [9.17, 15) is 9.59 Å². The summed E-state index contributed by atoms with van der Waals surface area (Å²) in [5.41, 5.74) is 1.69. The number of esters is 1. The van der Waals surface area contributed by atoms with Gasteiger partial charge in [0, 0.05) is 11.4 Å². The molecule has 25 heavy (non-hydrogen) atoms. The molecule has 2 N–H and O–H groups in total. The van der Waals surface area contributed by atoms with E-state index in [2.05, 4.69) is 17.6 Å². The number of carbonyl (C=O) groups excluding carboxylic acids is 2. The second-order valence-corrected chi connectivity index (χ2v) is 6.80. The summed E-state index contributed by atoms with van der Waals surface area (Å²) in [6.45, 7) is 6.55. The van der Waals surface area contributed by atoms with Crippen molar-refractivity contribution in [3.63, 3.8) is 0 Å². The van der Waals surface area contributed by atoms with Crippen LogP contribution < -0.4 is 15.4 Å². The molecule has 136 valence electrons. The summed E-state index contributed by atoms with van der Waals surface area (Å²) in [4.78, 5) is 24.5. The molecule has 0 saturated carbocycles. The van der Waals surface area contributed by atoms with Crippen LogP contribution in [0.3, 0.4) is 0 Å². The third-order valence-corrected chi connectivity index (χ3v) is 4.52. The lowest BCUT2D eigenvalue weighted by atomic mass is 9.95. The van der Waals surface area contributed by atoms with Crippen molar-refractivity contribution in [2.45, 2.75) is 26.8 Å². The molecule has 0 saturated heterocycles. The maximum Gasteiger partial charge on any atom is 0.338 e. The van der Waals surface area contributed by atoms with Crippen molar-refractivity contribution in [2.24, 2.45) is 0 Å². The number of thioether (sulfide) groups is 1. The van der Waals surface area contributed by atoms with Crippen LogP contribution in [0.2, 0.25) is 0 Å². The van der Waals surface area contributed by atoms with Gasteiger partial charge >= 0.3 is 12.0 Å². The van der Waals surface area contributed by atoms with Gasteiger partial charge in [0.05, 0.1) is 18.2 Å². The van der Waals surface area contributed by atoms with Crippen molar-refractivity contribution in [1.29, 1.82) is 0 Å². The Bertz CT molecular complexity index is 660. The third kappa shape index (κ3) is 5.16. The largest absolute Gasteiger partial charge is 0.494 e. The standard InChI is InChI=1S/C18H24N2O4S/c1-4-23-14-8-6-7-13(11-14)16-15(12(3)19-18(22)20-16)17(21)24-9-10-25-5-2/h6-8,11,16H,4-5,9-10H2,1-3H3,(H2,19,20,22). The average molecular weight is 364 g/mol. The van der Waals surface area contributed by atoms with Gasteiger partial charge < -0.3 is 20.1 Å². The normalized spacial score (nSPS) is 16.9. The highest BCUT2D eigenvalue weighted by molar-refractivity contribution is 7.99. The van der Waals surface area contributed by atoms with E-state index in [1.54, 1.807) is 18.7 Å². The van der Waals surface area contributed by atoms with Crippen LogP contribution in [0.25, 0.3) is 0 Å². The number of urea groups is 1. The molecule has 1 heterocycles. The summed E-state index contributed by atoms with van der Waals surface area (Å²) in [6, 6.07) is 6.44. The molecule has 0 aliphatic carbocycles. The second-order valence-electron chi connectivity index (χ2n) is 5.41. The molecule has 0 aromatic heterocycles. The molecule has 2 amide bonds. The molecule has 2 rings (SSSR count). The lowest BCUT2D eigenvalue weighted by Gasteiger charge is -2.28. The topological polar surface area (TPSA) is 76.7 Å². The Morgan fingerprint density at radius 1 is 1.32 bits per heavy atom. The number of nitrogens with one attached hydrogen (secondary N) is 2. The van der Waals surface area contributed by atoms with Crippen molar-refractivity contribution >= 4 is 23.8 Å². The number of hydrogen-bond donors (Lipinski definition) is 2. The number of allylic oxidation sites excluding steroid dienone is 1. The molecule has 0 radical (unpaired) electrons. The van der Waals surface area contributed by atoms with Gasteiger partial charge in [-0.05, 0) is 37.3 Å². The molecule has 7 heteroatoms. The minimum absolute atomic E-state index is 0.341. The van der Waals surface area contributed by atoms with Crippen molar-refractivity contribution < 1.29 is 19.1 Å². The van der Waals surface area contributed by atoms with Gasteiger partial charge in [0.15, 0.2) is 0 Å². The van der Waals surface area contributed by atoms with E-state index in [0.717, 1.165) is 17.1 Å². The average Bonchev–Trinajstić information content (AvgIpc) is 2.58. The molecule has 1 aliphatic heterocycles. The van der Waals surface area contributed by atoms with E-state index < -0.39 is 12.0 Å². The van der Waals surface area contributed by atoms with Crippen LogP contribution >= 0.6 is 11.8 Å². The summed E-state index contributed by atoms with van der Waals surface area (Å²) < 4.78 is 10.9. The lowest BCUT2D eigenvalue weighted by Crippen LogP contribution is -2.45. The number of benzene rings is 1. The molecule has 0 fully saturated rings. The Hall–Kier alpha value is -2.15. The van der Waals surface area contributed by atoms with Gasteiger partial charge in [-0.3, -0.25) is 0 Å². The molecular formula is C18H24N2O4S. The van der Waals surface area contributed by atoms with Crippen molar-refractivity contribution in [1.82, 2.24) is 10.6 Å². The SMILES string of the molecule is CCOc1cccc(C2NC(=O)NC(C)=C2C(=O)OCCSCC)c1. The quantitative estimate of drug-likeness (QED) is 0.548. The predicted octanol–water partition coefficient (Wildman–Crippen LogP) is 3.01. The molecule has 1 aromatic rings. The van der Waals surface area contributed by atoms with Crippen LogP contribution in [-0.4, -0.2) is 36.7 Å². The van der Waals surface area contributed by atoms with Gasteiger partial charge in [-0.1, -0.05) is 19.1 Å². The highest BCUT2D eigenvalue weighted by Gasteiger charge is 2.32. The van der Waals surface area contributed by atoms with E-state index in [4.69, 9.17) is 9.47 Å². The Labute approximate surface area is 152 Å². The van der Waals surface area contributed by atoms with E-state index >= 15 is 0 Å². The van der Waals surface area contributed by atoms with E-state index in [1.165, 1.54) is 0 Å². The van der Waals surface area contributed by atoms with Crippen LogP contribution in [0.15, 0.2) is 35.5 Å². The Morgan fingerprint density at radius 2 is 2.12 bits per heavy atom. The van der Waals surface area contributed by atoms with Crippen LogP contribution in [0.1, 0.15) is 32.4 Å². The van der Waals surface area contributed by atoms with Crippen molar-refractivity contribution in [2.75, 3.05) is 24.7 Å². The number of carbonyl (C=O) groups is 2. The number of rotatable bonds is 8. The molecular weight excluding hydrogens is 340 g/mol. The van der Waals surface area contributed by atoms with Crippen molar-refractivity contribution in [3.8, 4) is 5.75 Å². The summed E-state index contributed by atoms with van der Waals surface area (Å²) in [5, 5.41) is 5.44. The Balaban J connectivity index is 2.24. The van der Waals surface area contributed by atoms with Gasteiger partial charge in [0.2, 0.25) is 0 Å². The fourth-order valence-electron chi connectivity index (χ4n) is 2.58. The van der Waals surface area contributed by atoms with Gasteiger partial charge in [0.25, 0.3) is 0 Å². The van der Waals surface area contributed by atoms with Crippen LogP contribution in [0, 0.1) is 0 Å². The van der Waals surface area contributed by atoms with E-state index in [1.807, 2.05) is 31.2 Å². The van der Waals surface area contributed by atoms with Gasteiger partial charge in [-0.15, -0.1) is 0 Å². The molecule has 0 bridgehead atoms.